The van der Waals surface area contributed by atoms with Crippen LogP contribution in [0.2, 0.25) is 0 Å². The summed E-state index contributed by atoms with van der Waals surface area (Å²) in [5, 5.41) is 0. The number of rotatable bonds is 6. The molecular formula is C23H36N4O4S. The largest absolute Gasteiger partial charge is 0.377 e. The minimum Gasteiger partial charge on any atom is -0.377 e. The highest BCUT2D eigenvalue weighted by molar-refractivity contribution is 7.89. The zero-order chi connectivity index (χ0) is 22.7. The standard InChI is InChI=1S/C23H36N4O4S/c1-24(2)32(29,30)20-8-9-22(26-10-4-3-5-11-26)21(17-20)23(28)27-14-12-25(13-15-27)18-19-7-6-16-31-19/h8-9,17,19H,3-7,10-16,18H2,1-2H3. The van der Waals surface area contributed by atoms with Gasteiger partial charge in [-0.25, -0.2) is 12.7 Å². The normalized spacial score (nSPS) is 23.2. The van der Waals surface area contributed by atoms with E-state index in [4.69, 9.17) is 4.74 Å². The second-order valence-electron chi connectivity index (χ2n) is 9.24. The van der Waals surface area contributed by atoms with Crippen molar-refractivity contribution in [2.45, 2.75) is 43.1 Å². The molecule has 0 N–H and O–H groups in total. The molecule has 0 radical (unpaired) electrons. The van der Waals surface area contributed by atoms with Crippen LogP contribution in [0.3, 0.4) is 0 Å². The third-order valence-electron chi connectivity index (χ3n) is 6.82. The van der Waals surface area contributed by atoms with Gasteiger partial charge in [-0.3, -0.25) is 9.69 Å². The maximum atomic E-state index is 13.6. The number of ether oxygens (including phenoxy) is 1. The first kappa shape index (κ1) is 23.5. The van der Waals surface area contributed by atoms with Gasteiger partial charge in [0.1, 0.15) is 0 Å². The Hall–Kier alpha value is -1.68. The summed E-state index contributed by atoms with van der Waals surface area (Å²) in [6.07, 6.45) is 5.94. The van der Waals surface area contributed by atoms with Crippen molar-refractivity contribution in [3.63, 3.8) is 0 Å². The zero-order valence-corrected chi connectivity index (χ0v) is 20.1. The molecule has 0 bridgehead atoms. The van der Waals surface area contributed by atoms with Crippen molar-refractivity contribution in [3.05, 3.63) is 23.8 Å². The van der Waals surface area contributed by atoms with E-state index in [0.717, 1.165) is 70.7 Å². The van der Waals surface area contributed by atoms with E-state index in [1.165, 1.54) is 24.8 Å². The van der Waals surface area contributed by atoms with E-state index in [1.54, 1.807) is 12.1 Å². The van der Waals surface area contributed by atoms with Crippen LogP contribution in [-0.2, 0) is 14.8 Å². The summed E-state index contributed by atoms with van der Waals surface area (Å²) < 4.78 is 32.4. The predicted octanol–water partition coefficient (Wildman–Crippen LogP) is 1.86. The second-order valence-corrected chi connectivity index (χ2v) is 11.4. The number of piperidine rings is 1. The summed E-state index contributed by atoms with van der Waals surface area (Å²) in [6, 6.07) is 5.04. The van der Waals surface area contributed by atoms with Crippen LogP contribution in [-0.4, -0.2) is 101 Å². The number of sulfonamides is 1. The van der Waals surface area contributed by atoms with Gasteiger partial charge in [0.15, 0.2) is 0 Å². The van der Waals surface area contributed by atoms with E-state index >= 15 is 0 Å². The predicted molar refractivity (Wildman–Crippen MR) is 125 cm³/mol. The smallest absolute Gasteiger partial charge is 0.256 e. The Morgan fingerprint density at radius 1 is 1.03 bits per heavy atom. The third kappa shape index (κ3) is 5.11. The quantitative estimate of drug-likeness (QED) is 0.640. The minimum absolute atomic E-state index is 0.0712. The van der Waals surface area contributed by atoms with Crippen molar-refractivity contribution >= 4 is 21.6 Å². The van der Waals surface area contributed by atoms with Crippen LogP contribution in [0.15, 0.2) is 23.1 Å². The topological polar surface area (TPSA) is 73.4 Å². The Balaban J connectivity index is 1.53. The molecule has 1 amide bonds. The molecule has 0 aromatic heterocycles. The first-order chi connectivity index (χ1) is 15.4. The first-order valence-corrected chi connectivity index (χ1v) is 13.2. The molecule has 8 nitrogen and oxygen atoms in total. The highest BCUT2D eigenvalue weighted by Gasteiger charge is 2.29. The van der Waals surface area contributed by atoms with Gasteiger partial charge in [0, 0.05) is 72.2 Å². The number of carbonyl (C=O) groups excluding carboxylic acids is 1. The van der Waals surface area contributed by atoms with Crippen LogP contribution in [0.5, 0.6) is 0 Å². The van der Waals surface area contributed by atoms with Gasteiger partial charge in [0.2, 0.25) is 10.0 Å². The fourth-order valence-electron chi connectivity index (χ4n) is 4.85. The lowest BCUT2D eigenvalue weighted by molar-refractivity contribution is 0.0433. The Bertz CT molecular complexity index is 901. The van der Waals surface area contributed by atoms with Gasteiger partial charge < -0.3 is 14.5 Å². The molecular weight excluding hydrogens is 428 g/mol. The van der Waals surface area contributed by atoms with Crippen molar-refractivity contribution in [3.8, 4) is 0 Å². The number of amides is 1. The summed E-state index contributed by atoms with van der Waals surface area (Å²) in [5.41, 5.74) is 1.36. The molecule has 3 aliphatic rings. The molecule has 32 heavy (non-hydrogen) atoms. The summed E-state index contributed by atoms with van der Waals surface area (Å²) >= 11 is 0. The average molecular weight is 465 g/mol. The molecule has 3 heterocycles. The molecule has 3 fully saturated rings. The van der Waals surface area contributed by atoms with Crippen molar-refractivity contribution in [1.82, 2.24) is 14.1 Å². The summed E-state index contributed by atoms with van der Waals surface area (Å²) in [5.74, 6) is -0.0712. The van der Waals surface area contributed by atoms with Gasteiger partial charge in [-0.15, -0.1) is 0 Å². The van der Waals surface area contributed by atoms with Crippen molar-refractivity contribution in [2.75, 3.05) is 71.4 Å². The molecule has 0 spiro atoms. The van der Waals surface area contributed by atoms with Gasteiger partial charge in [0.05, 0.1) is 16.6 Å². The lowest BCUT2D eigenvalue weighted by atomic mass is 10.1. The number of hydrogen-bond acceptors (Lipinski definition) is 6. The van der Waals surface area contributed by atoms with Gasteiger partial charge in [-0.05, 0) is 50.3 Å². The number of nitrogens with zero attached hydrogens (tertiary/aromatic N) is 4. The Labute approximate surface area is 192 Å². The van der Waals surface area contributed by atoms with Crippen LogP contribution in [0.25, 0.3) is 0 Å². The van der Waals surface area contributed by atoms with Crippen molar-refractivity contribution in [2.24, 2.45) is 0 Å². The Morgan fingerprint density at radius 2 is 1.75 bits per heavy atom. The molecule has 1 aromatic carbocycles. The average Bonchev–Trinajstić information content (AvgIpc) is 3.32. The number of anilines is 1. The molecule has 178 valence electrons. The van der Waals surface area contributed by atoms with Gasteiger partial charge >= 0.3 is 0 Å². The number of benzene rings is 1. The molecule has 9 heteroatoms. The third-order valence-corrected chi connectivity index (χ3v) is 8.63. The molecule has 3 saturated heterocycles. The van der Waals surface area contributed by atoms with Gasteiger partial charge in [-0.1, -0.05) is 0 Å². The molecule has 1 unspecified atom stereocenters. The maximum Gasteiger partial charge on any atom is 0.256 e. The van der Waals surface area contributed by atoms with E-state index in [0.29, 0.717) is 24.8 Å². The van der Waals surface area contributed by atoms with E-state index in [9.17, 15) is 13.2 Å². The summed E-state index contributed by atoms with van der Waals surface area (Å²) in [6.45, 7) is 6.52. The SMILES string of the molecule is CN(C)S(=O)(=O)c1ccc(N2CCCCC2)c(C(=O)N2CCN(CC3CCCO3)CC2)c1. The molecule has 1 aromatic rings. The fraction of sp³-hybridized carbons (Fsp3) is 0.696. The van der Waals surface area contributed by atoms with Crippen molar-refractivity contribution in [1.29, 1.82) is 0 Å². The van der Waals surface area contributed by atoms with Crippen LogP contribution >= 0.6 is 0 Å². The van der Waals surface area contributed by atoms with Crippen LogP contribution in [0, 0.1) is 0 Å². The van der Waals surface area contributed by atoms with E-state index in [2.05, 4.69) is 9.80 Å². The first-order valence-electron chi connectivity index (χ1n) is 11.8. The summed E-state index contributed by atoms with van der Waals surface area (Å²) in [4.78, 5) is 20.3. The fourth-order valence-corrected chi connectivity index (χ4v) is 5.78. The Kier molecular flexibility index (Phi) is 7.39. The van der Waals surface area contributed by atoms with Crippen LogP contribution < -0.4 is 4.90 Å². The molecule has 0 saturated carbocycles. The van der Waals surface area contributed by atoms with Gasteiger partial charge in [-0.2, -0.15) is 0 Å². The van der Waals surface area contributed by atoms with E-state index < -0.39 is 10.0 Å². The molecule has 0 aliphatic carbocycles. The van der Waals surface area contributed by atoms with E-state index in [1.807, 2.05) is 11.0 Å². The monoisotopic (exact) mass is 464 g/mol. The lowest BCUT2D eigenvalue weighted by Crippen LogP contribution is -2.50. The highest BCUT2D eigenvalue weighted by Crippen LogP contribution is 2.29. The lowest BCUT2D eigenvalue weighted by Gasteiger charge is -2.37. The van der Waals surface area contributed by atoms with Crippen molar-refractivity contribution < 1.29 is 17.9 Å². The Morgan fingerprint density at radius 3 is 2.38 bits per heavy atom. The molecule has 1 atom stereocenters. The number of carbonyl (C=O) groups is 1. The number of hydrogen-bond donors (Lipinski definition) is 0. The maximum absolute atomic E-state index is 13.6. The molecule has 4 rings (SSSR count). The van der Waals surface area contributed by atoms with E-state index in [-0.39, 0.29) is 10.8 Å². The second kappa shape index (κ2) is 10.1. The summed E-state index contributed by atoms with van der Waals surface area (Å²) in [7, 11) is -0.578. The minimum atomic E-state index is -3.61. The van der Waals surface area contributed by atoms with Gasteiger partial charge in [0.25, 0.3) is 5.91 Å². The zero-order valence-electron chi connectivity index (χ0n) is 19.3. The number of piperazine rings is 1. The van der Waals surface area contributed by atoms with Crippen LogP contribution in [0.4, 0.5) is 5.69 Å². The highest BCUT2D eigenvalue weighted by atomic mass is 32.2. The molecule has 3 aliphatic heterocycles. The van der Waals surface area contributed by atoms with Crippen LogP contribution in [0.1, 0.15) is 42.5 Å².